The molecule has 0 saturated heterocycles. The third-order valence-corrected chi connectivity index (χ3v) is 8.37. The van der Waals surface area contributed by atoms with E-state index < -0.39 is 22.9 Å². The number of para-hydroxylation sites is 1. The molecule has 1 atom stereocenters. The largest absolute Gasteiger partial charge is 0.497 e. The van der Waals surface area contributed by atoms with Crippen molar-refractivity contribution in [3.8, 4) is 11.5 Å². The fraction of sp³-hybridized carbons (Fsp3) is 0.0789. The topological polar surface area (TPSA) is 106 Å². The number of halogens is 1. The van der Waals surface area contributed by atoms with E-state index in [1.807, 2.05) is 30.3 Å². The number of nitrogens with one attached hydrogen (secondary N) is 3. The third-order valence-electron chi connectivity index (χ3n) is 7.10. The molecule has 5 rings (SSSR count). The van der Waals surface area contributed by atoms with Crippen molar-refractivity contribution in [1.29, 1.82) is 0 Å². The zero-order valence-corrected chi connectivity index (χ0v) is 26.9. The summed E-state index contributed by atoms with van der Waals surface area (Å²) in [6.07, 6.45) is 1.51. The van der Waals surface area contributed by atoms with Gasteiger partial charge >= 0.3 is 0 Å². The first kappa shape index (κ1) is 33.5. The van der Waals surface area contributed by atoms with Crippen LogP contribution in [-0.2, 0) is 9.59 Å². The summed E-state index contributed by atoms with van der Waals surface area (Å²) in [5.41, 5.74) is 2.16. The van der Waals surface area contributed by atoms with Gasteiger partial charge in [-0.3, -0.25) is 14.4 Å². The molecule has 48 heavy (non-hydrogen) atoms. The van der Waals surface area contributed by atoms with Gasteiger partial charge in [0.15, 0.2) is 0 Å². The number of benzene rings is 5. The summed E-state index contributed by atoms with van der Waals surface area (Å²) in [7, 11) is 3.03. The zero-order chi connectivity index (χ0) is 33.9. The monoisotopic (exact) mass is 661 g/mol. The molecule has 5 aromatic rings. The molecule has 8 nitrogen and oxygen atoms in total. The average Bonchev–Trinajstić information content (AvgIpc) is 3.12. The molecule has 0 aliphatic carbocycles. The molecular weight excluding hydrogens is 629 g/mol. The minimum absolute atomic E-state index is 0.0252. The molecule has 0 radical (unpaired) electrons. The number of ether oxygens (including phenoxy) is 2. The predicted octanol–water partition coefficient (Wildman–Crippen LogP) is 7.72. The average molecular weight is 662 g/mol. The highest BCUT2D eigenvalue weighted by molar-refractivity contribution is 8.00. The van der Waals surface area contributed by atoms with E-state index in [1.165, 1.54) is 44.2 Å². The highest BCUT2D eigenvalue weighted by Crippen LogP contribution is 2.37. The number of thioether (sulfide) groups is 1. The van der Waals surface area contributed by atoms with Crippen molar-refractivity contribution in [1.82, 2.24) is 5.32 Å². The van der Waals surface area contributed by atoms with Crippen molar-refractivity contribution >= 4 is 46.9 Å². The molecule has 5 aromatic carbocycles. The van der Waals surface area contributed by atoms with Crippen molar-refractivity contribution in [3.63, 3.8) is 0 Å². The third kappa shape index (κ3) is 8.68. The number of anilines is 2. The number of hydrogen-bond donors (Lipinski definition) is 3. The molecule has 0 aliphatic heterocycles. The maximum absolute atomic E-state index is 14.3. The van der Waals surface area contributed by atoms with Gasteiger partial charge in [-0.1, -0.05) is 60.7 Å². The van der Waals surface area contributed by atoms with E-state index in [4.69, 9.17) is 9.47 Å². The second-order valence-electron chi connectivity index (χ2n) is 10.3. The lowest BCUT2D eigenvalue weighted by molar-refractivity contribution is -0.116. The van der Waals surface area contributed by atoms with Gasteiger partial charge in [0.1, 0.15) is 28.3 Å². The predicted molar refractivity (Wildman–Crippen MR) is 187 cm³/mol. The normalized spacial score (nSPS) is 11.6. The van der Waals surface area contributed by atoms with Crippen LogP contribution in [0.5, 0.6) is 11.5 Å². The summed E-state index contributed by atoms with van der Waals surface area (Å²) in [5.74, 6) is -0.933. The molecule has 10 heteroatoms. The molecule has 3 amide bonds. The smallest absolute Gasteiger partial charge is 0.272 e. The van der Waals surface area contributed by atoms with E-state index in [0.717, 1.165) is 10.5 Å². The minimum Gasteiger partial charge on any atom is -0.497 e. The van der Waals surface area contributed by atoms with Crippen LogP contribution in [0.25, 0.3) is 6.08 Å². The van der Waals surface area contributed by atoms with Crippen LogP contribution in [0.4, 0.5) is 15.8 Å². The first-order chi connectivity index (χ1) is 23.3. The highest BCUT2D eigenvalue weighted by Gasteiger charge is 2.23. The van der Waals surface area contributed by atoms with Crippen LogP contribution in [0, 0.1) is 5.82 Å². The van der Waals surface area contributed by atoms with E-state index in [1.54, 1.807) is 84.9 Å². The number of methoxy groups -OCH3 is 2. The summed E-state index contributed by atoms with van der Waals surface area (Å²) in [4.78, 5) is 40.8. The Hall–Kier alpha value is -5.87. The Morgan fingerprint density at radius 2 is 1.42 bits per heavy atom. The maximum atomic E-state index is 14.3. The number of hydrogen-bond acceptors (Lipinski definition) is 6. The number of carbonyl (C=O) groups excluding carboxylic acids is 3. The summed E-state index contributed by atoms with van der Waals surface area (Å²) in [5, 5.41) is 7.56. The molecular formula is C38H32FN3O5S. The highest BCUT2D eigenvalue weighted by atomic mass is 32.2. The molecule has 3 N–H and O–H groups in total. The van der Waals surface area contributed by atoms with Gasteiger partial charge in [0.05, 0.1) is 19.9 Å². The lowest BCUT2D eigenvalue weighted by atomic mass is 10.1. The quantitative estimate of drug-likeness (QED) is 0.0934. The van der Waals surface area contributed by atoms with Gasteiger partial charge in [-0.2, -0.15) is 0 Å². The van der Waals surface area contributed by atoms with Crippen LogP contribution < -0.4 is 25.4 Å². The van der Waals surface area contributed by atoms with Crippen LogP contribution in [-0.4, -0.2) is 31.9 Å². The van der Waals surface area contributed by atoms with Crippen molar-refractivity contribution in [3.05, 3.63) is 156 Å². The SMILES string of the molecule is COc1ccc(OC)c(/C=C(\NC(=O)c2ccccc2)C(=O)Nc2ccc(SC(C(=O)Nc3ccccc3F)c3ccccc3)cc2)c1. The summed E-state index contributed by atoms with van der Waals surface area (Å²) in [6.45, 7) is 0. The Bertz CT molecular complexity index is 1920. The molecule has 0 aromatic heterocycles. The molecule has 0 fully saturated rings. The summed E-state index contributed by atoms with van der Waals surface area (Å²) in [6, 6.07) is 35.8. The Kier molecular flexibility index (Phi) is 11.2. The van der Waals surface area contributed by atoms with Gasteiger partial charge in [0.25, 0.3) is 11.8 Å². The van der Waals surface area contributed by atoms with E-state index >= 15 is 0 Å². The zero-order valence-electron chi connectivity index (χ0n) is 26.1. The van der Waals surface area contributed by atoms with E-state index in [2.05, 4.69) is 16.0 Å². The van der Waals surface area contributed by atoms with Crippen LogP contribution in [0.1, 0.15) is 26.7 Å². The van der Waals surface area contributed by atoms with E-state index in [0.29, 0.717) is 28.3 Å². The Labute approximate surface area is 282 Å². The molecule has 242 valence electrons. The molecule has 0 saturated carbocycles. The van der Waals surface area contributed by atoms with Crippen molar-refractivity contribution in [2.45, 2.75) is 10.1 Å². The van der Waals surface area contributed by atoms with E-state index in [-0.39, 0.29) is 17.3 Å². The maximum Gasteiger partial charge on any atom is 0.272 e. The second-order valence-corrected chi connectivity index (χ2v) is 11.5. The van der Waals surface area contributed by atoms with Crippen LogP contribution in [0.2, 0.25) is 0 Å². The molecule has 1 unspecified atom stereocenters. The van der Waals surface area contributed by atoms with Crippen molar-refractivity contribution < 1.29 is 28.2 Å². The Balaban J connectivity index is 1.37. The fourth-order valence-electron chi connectivity index (χ4n) is 4.66. The fourth-order valence-corrected chi connectivity index (χ4v) is 5.69. The lowest BCUT2D eigenvalue weighted by Crippen LogP contribution is -2.30. The molecule has 0 bridgehead atoms. The Morgan fingerprint density at radius 3 is 2.08 bits per heavy atom. The van der Waals surface area contributed by atoms with Crippen molar-refractivity contribution in [2.24, 2.45) is 0 Å². The van der Waals surface area contributed by atoms with Gasteiger partial charge < -0.3 is 25.4 Å². The molecule has 0 spiro atoms. The first-order valence-electron chi connectivity index (χ1n) is 14.8. The standard InChI is InChI=1S/C38H32FN3O5S/c1-46-29-19-22-34(47-2)27(23-29)24-33(42-36(43)26-13-7-4-8-14-26)37(44)40-28-17-20-30(21-18-28)48-35(25-11-5-3-6-12-25)38(45)41-32-16-10-9-15-31(32)39/h3-24,35H,1-2H3,(H,40,44)(H,41,45)(H,42,43)/b33-24-. The molecule has 0 heterocycles. The number of carbonyl (C=O) groups is 3. The Morgan fingerprint density at radius 1 is 0.750 bits per heavy atom. The van der Waals surface area contributed by atoms with Gasteiger partial charge in [-0.25, -0.2) is 4.39 Å². The number of amides is 3. The lowest BCUT2D eigenvalue weighted by Gasteiger charge is -2.18. The minimum atomic E-state index is -0.688. The van der Waals surface area contributed by atoms with Gasteiger partial charge in [-0.05, 0) is 78.4 Å². The van der Waals surface area contributed by atoms with Crippen LogP contribution in [0.15, 0.2) is 138 Å². The van der Waals surface area contributed by atoms with E-state index in [9.17, 15) is 18.8 Å². The van der Waals surface area contributed by atoms with Gasteiger partial charge in [0, 0.05) is 21.7 Å². The summed E-state index contributed by atoms with van der Waals surface area (Å²) < 4.78 is 25.1. The van der Waals surface area contributed by atoms with Crippen LogP contribution >= 0.6 is 11.8 Å². The van der Waals surface area contributed by atoms with Gasteiger partial charge in [-0.15, -0.1) is 11.8 Å². The first-order valence-corrected chi connectivity index (χ1v) is 15.7. The second kappa shape index (κ2) is 16.1. The van der Waals surface area contributed by atoms with Crippen LogP contribution in [0.3, 0.4) is 0 Å². The summed E-state index contributed by atoms with van der Waals surface area (Å²) >= 11 is 1.28. The van der Waals surface area contributed by atoms with Gasteiger partial charge in [0.2, 0.25) is 5.91 Å². The van der Waals surface area contributed by atoms with Crippen molar-refractivity contribution in [2.75, 3.05) is 24.9 Å². The number of rotatable bonds is 12. The molecule has 0 aliphatic rings.